The number of hydrogen-bond donors (Lipinski definition) is 0. The van der Waals surface area contributed by atoms with Crippen LogP contribution in [0, 0.1) is 5.92 Å². The van der Waals surface area contributed by atoms with E-state index in [1.165, 1.54) is 32.8 Å². The van der Waals surface area contributed by atoms with Gasteiger partial charge in [0.2, 0.25) is 0 Å². The zero-order valence-electron chi connectivity index (χ0n) is 9.73. The minimum atomic E-state index is -0.327. The number of ether oxygens (including phenoxy) is 1. The molecule has 1 aliphatic rings. The average Bonchev–Trinajstić information content (AvgIpc) is 2.77. The highest BCUT2D eigenvalue weighted by molar-refractivity contribution is 7.09. The van der Waals surface area contributed by atoms with Gasteiger partial charge in [0.05, 0.1) is 12.1 Å². The lowest BCUT2D eigenvalue weighted by Gasteiger charge is -2.24. The minimum Gasteiger partial charge on any atom is -0.464 e. The molecule has 1 aromatic heterocycles. The highest BCUT2D eigenvalue weighted by Gasteiger charge is 2.23. The smallest absolute Gasteiger partial charge is 0.357 e. The molecule has 0 aliphatic heterocycles. The molecule has 1 fully saturated rings. The van der Waals surface area contributed by atoms with Crippen LogP contribution in [0.25, 0.3) is 0 Å². The molecule has 2 rings (SSSR count). The Morgan fingerprint density at radius 2 is 2.38 bits per heavy atom. The van der Waals surface area contributed by atoms with Crippen molar-refractivity contribution in [2.75, 3.05) is 7.11 Å². The quantitative estimate of drug-likeness (QED) is 0.744. The molecule has 1 aliphatic carbocycles. The second-order valence-electron chi connectivity index (χ2n) is 4.53. The fraction of sp³-hybridized carbons (Fsp3) is 0.667. The third-order valence-electron chi connectivity index (χ3n) is 3.20. The number of rotatable bonds is 2. The van der Waals surface area contributed by atoms with Gasteiger partial charge >= 0.3 is 5.97 Å². The Balaban J connectivity index is 2.09. The van der Waals surface area contributed by atoms with Gasteiger partial charge in [0.1, 0.15) is 0 Å². The van der Waals surface area contributed by atoms with E-state index in [0.29, 0.717) is 11.6 Å². The van der Waals surface area contributed by atoms with E-state index in [4.69, 9.17) is 0 Å². The molecule has 88 valence electrons. The number of esters is 1. The first kappa shape index (κ1) is 11.6. The molecule has 4 heteroatoms. The summed E-state index contributed by atoms with van der Waals surface area (Å²) >= 11 is 1.59. The van der Waals surface area contributed by atoms with E-state index in [9.17, 15) is 4.79 Å². The Bertz CT molecular complexity index is 375. The van der Waals surface area contributed by atoms with Gasteiger partial charge in [0.25, 0.3) is 0 Å². The van der Waals surface area contributed by atoms with Crippen LogP contribution in [0.3, 0.4) is 0 Å². The highest BCUT2D eigenvalue weighted by Crippen LogP contribution is 2.37. The lowest BCUT2D eigenvalue weighted by Crippen LogP contribution is -2.12. The maximum atomic E-state index is 11.3. The molecule has 3 nitrogen and oxygen atoms in total. The second-order valence-corrected chi connectivity index (χ2v) is 5.42. The molecule has 1 heterocycles. The summed E-state index contributed by atoms with van der Waals surface area (Å²) in [6, 6.07) is 0. The van der Waals surface area contributed by atoms with Crippen LogP contribution in [0.1, 0.15) is 54.0 Å². The first-order chi connectivity index (χ1) is 7.70. The molecular formula is C12H17NO2S. The van der Waals surface area contributed by atoms with E-state index >= 15 is 0 Å². The van der Waals surface area contributed by atoms with Crippen molar-refractivity contribution in [1.82, 2.24) is 4.98 Å². The lowest BCUT2D eigenvalue weighted by atomic mass is 9.83. The molecule has 0 aromatic carbocycles. The van der Waals surface area contributed by atoms with E-state index in [-0.39, 0.29) is 5.97 Å². The predicted octanol–water partition coefficient (Wildman–Crippen LogP) is 3.22. The summed E-state index contributed by atoms with van der Waals surface area (Å²) in [5.74, 6) is 1.00. The molecule has 0 bridgehead atoms. The van der Waals surface area contributed by atoms with Gasteiger partial charge in [-0.3, -0.25) is 0 Å². The molecule has 0 N–H and O–H groups in total. The van der Waals surface area contributed by atoms with Crippen LogP contribution in [-0.2, 0) is 4.74 Å². The van der Waals surface area contributed by atoms with E-state index in [2.05, 4.69) is 16.6 Å². The van der Waals surface area contributed by atoms with Crippen molar-refractivity contribution in [1.29, 1.82) is 0 Å². The first-order valence-corrected chi connectivity index (χ1v) is 6.62. The van der Waals surface area contributed by atoms with Crippen molar-refractivity contribution in [3.63, 3.8) is 0 Å². The Morgan fingerprint density at radius 1 is 1.56 bits per heavy atom. The predicted molar refractivity (Wildman–Crippen MR) is 63.8 cm³/mol. The van der Waals surface area contributed by atoms with Gasteiger partial charge < -0.3 is 4.74 Å². The van der Waals surface area contributed by atoms with Crippen molar-refractivity contribution in [3.05, 3.63) is 16.1 Å². The second kappa shape index (κ2) is 4.95. The molecule has 0 amide bonds. The van der Waals surface area contributed by atoms with Gasteiger partial charge in [0.15, 0.2) is 5.69 Å². The number of carbonyl (C=O) groups excluding carboxylic acids is 1. The number of carbonyl (C=O) groups is 1. The maximum absolute atomic E-state index is 11.3. The van der Waals surface area contributed by atoms with E-state index < -0.39 is 0 Å². The van der Waals surface area contributed by atoms with Gasteiger partial charge in [0, 0.05) is 11.3 Å². The number of nitrogens with zero attached hydrogens (tertiary/aromatic N) is 1. The molecule has 1 aromatic rings. The number of methoxy groups -OCH3 is 1. The highest BCUT2D eigenvalue weighted by atomic mass is 32.1. The summed E-state index contributed by atoms with van der Waals surface area (Å²) in [5, 5.41) is 2.91. The third-order valence-corrected chi connectivity index (χ3v) is 4.21. The summed E-state index contributed by atoms with van der Waals surface area (Å²) in [7, 11) is 1.39. The zero-order chi connectivity index (χ0) is 11.5. The summed E-state index contributed by atoms with van der Waals surface area (Å²) in [4.78, 5) is 15.7. The van der Waals surface area contributed by atoms with Crippen LogP contribution < -0.4 is 0 Å². The summed E-state index contributed by atoms with van der Waals surface area (Å²) < 4.78 is 4.66. The monoisotopic (exact) mass is 239 g/mol. The Labute approximate surface area is 99.8 Å². The van der Waals surface area contributed by atoms with Gasteiger partial charge in [-0.2, -0.15) is 0 Å². The first-order valence-electron chi connectivity index (χ1n) is 5.74. The van der Waals surface area contributed by atoms with Crippen molar-refractivity contribution < 1.29 is 9.53 Å². The average molecular weight is 239 g/mol. The van der Waals surface area contributed by atoms with Crippen molar-refractivity contribution in [3.8, 4) is 0 Å². The van der Waals surface area contributed by atoms with E-state index in [1.54, 1.807) is 16.7 Å². The summed E-state index contributed by atoms with van der Waals surface area (Å²) in [5.41, 5.74) is 0.459. The van der Waals surface area contributed by atoms with Gasteiger partial charge in [-0.25, -0.2) is 9.78 Å². The van der Waals surface area contributed by atoms with Crippen LogP contribution >= 0.6 is 11.3 Å². The fourth-order valence-corrected chi connectivity index (χ4v) is 3.27. The van der Waals surface area contributed by atoms with Crippen molar-refractivity contribution in [2.24, 2.45) is 5.92 Å². The Morgan fingerprint density at radius 3 is 3.06 bits per heavy atom. The largest absolute Gasteiger partial charge is 0.464 e. The fourth-order valence-electron chi connectivity index (χ4n) is 2.33. The summed E-state index contributed by atoms with van der Waals surface area (Å²) in [6.45, 7) is 2.29. The topological polar surface area (TPSA) is 39.2 Å². The van der Waals surface area contributed by atoms with Crippen LogP contribution in [-0.4, -0.2) is 18.1 Å². The Kier molecular flexibility index (Phi) is 3.59. The molecule has 0 radical (unpaired) electrons. The molecule has 2 atom stereocenters. The number of aromatic nitrogens is 1. The van der Waals surface area contributed by atoms with Crippen LogP contribution in [0.4, 0.5) is 0 Å². The van der Waals surface area contributed by atoms with Gasteiger partial charge in [-0.15, -0.1) is 11.3 Å². The normalized spacial score (nSPS) is 25.4. The molecule has 0 saturated heterocycles. The van der Waals surface area contributed by atoms with E-state index in [0.717, 1.165) is 10.9 Å². The SMILES string of the molecule is COC(=O)c1csc(C2CCCC(C)C2)n1. The maximum Gasteiger partial charge on any atom is 0.357 e. The third kappa shape index (κ3) is 2.43. The zero-order valence-corrected chi connectivity index (χ0v) is 10.5. The molecular weight excluding hydrogens is 222 g/mol. The van der Waals surface area contributed by atoms with Crippen molar-refractivity contribution >= 4 is 17.3 Å². The van der Waals surface area contributed by atoms with Crippen LogP contribution in [0.2, 0.25) is 0 Å². The molecule has 2 unspecified atom stereocenters. The number of thiazole rings is 1. The van der Waals surface area contributed by atoms with Crippen molar-refractivity contribution in [2.45, 2.75) is 38.5 Å². The standard InChI is InChI=1S/C12H17NO2S/c1-8-4-3-5-9(6-8)11-13-10(7-16-11)12(14)15-2/h7-9H,3-6H2,1-2H3. The number of hydrogen-bond acceptors (Lipinski definition) is 4. The summed E-state index contributed by atoms with van der Waals surface area (Å²) in [6.07, 6.45) is 5.01. The van der Waals surface area contributed by atoms with Gasteiger partial charge in [-0.1, -0.05) is 19.8 Å². The Hall–Kier alpha value is -0.900. The van der Waals surface area contributed by atoms with Gasteiger partial charge in [-0.05, 0) is 18.8 Å². The molecule has 16 heavy (non-hydrogen) atoms. The lowest BCUT2D eigenvalue weighted by molar-refractivity contribution is 0.0594. The van der Waals surface area contributed by atoms with Crippen LogP contribution in [0.5, 0.6) is 0 Å². The van der Waals surface area contributed by atoms with E-state index in [1.807, 2.05) is 0 Å². The molecule has 0 spiro atoms. The molecule has 1 saturated carbocycles. The minimum absolute atomic E-state index is 0.327. The van der Waals surface area contributed by atoms with Crippen LogP contribution in [0.15, 0.2) is 5.38 Å².